The summed E-state index contributed by atoms with van der Waals surface area (Å²) in [4.78, 5) is 20.3. The van der Waals surface area contributed by atoms with Gasteiger partial charge in [0.15, 0.2) is 0 Å². The lowest BCUT2D eigenvalue weighted by atomic mass is 10.2. The maximum atomic E-state index is 12.8. The van der Waals surface area contributed by atoms with Crippen molar-refractivity contribution in [1.82, 2.24) is 0 Å². The summed E-state index contributed by atoms with van der Waals surface area (Å²) < 4.78 is 17.9. The van der Waals surface area contributed by atoms with Crippen molar-refractivity contribution in [3.63, 3.8) is 0 Å². The van der Waals surface area contributed by atoms with Gasteiger partial charge in [-0.1, -0.05) is 0 Å². The average molecular weight is 196 g/mol. The summed E-state index contributed by atoms with van der Waals surface area (Å²) in [6.45, 7) is 0.186. The highest BCUT2D eigenvalue weighted by molar-refractivity contribution is 5.75. The number of hydrogen-bond acceptors (Lipinski definition) is 3. The third-order valence-electron chi connectivity index (χ3n) is 1.53. The molecule has 0 aliphatic heterocycles. The summed E-state index contributed by atoms with van der Waals surface area (Å²) in [6, 6.07) is 3.69. The van der Waals surface area contributed by atoms with E-state index in [-0.39, 0.29) is 24.3 Å². The molecule has 0 radical (unpaired) electrons. The Balaban J connectivity index is 2.70. The van der Waals surface area contributed by atoms with E-state index in [4.69, 9.17) is 4.74 Å². The fourth-order valence-corrected chi connectivity index (χ4v) is 0.961. The van der Waals surface area contributed by atoms with Crippen molar-refractivity contribution in [3.8, 4) is 5.75 Å². The van der Waals surface area contributed by atoms with E-state index in [1.807, 2.05) is 0 Å². The first-order valence-corrected chi connectivity index (χ1v) is 4.08. The fraction of sp³-hybridized carbons (Fsp3) is 0.200. The van der Waals surface area contributed by atoms with Crippen LogP contribution < -0.4 is 4.74 Å². The zero-order valence-corrected chi connectivity index (χ0v) is 7.40. The summed E-state index contributed by atoms with van der Waals surface area (Å²) in [5, 5.41) is 0. The van der Waals surface area contributed by atoms with E-state index < -0.39 is 5.82 Å². The van der Waals surface area contributed by atoms with Crippen LogP contribution >= 0.6 is 0 Å². The first kappa shape index (κ1) is 10.4. The van der Waals surface area contributed by atoms with Gasteiger partial charge in [-0.05, 0) is 12.1 Å². The Morgan fingerprint density at radius 2 is 2.07 bits per heavy atom. The molecule has 3 nitrogen and oxygen atoms in total. The molecule has 1 rings (SSSR count). The van der Waals surface area contributed by atoms with E-state index >= 15 is 0 Å². The number of hydrogen-bond donors (Lipinski definition) is 0. The molecule has 74 valence electrons. The van der Waals surface area contributed by atoms with Crippen LogP contribution in [-0.2, 0) is 4.79 Å². The van der Waals surface area contributed by atoms with Gasteiger partial charge >= 0.3 is 0 Å². The lowest BCUT2D eigenvalue weighted by Crippen LogP contribution is -1.98. The van der Waals surface area contributed by atoms with Crippen LogP contribution in [0.2, 0.25) is 0 Å². The van der Waals surface area contributed by atoms with Crippen LogP contribution in [-0.4, -0.2) is 19.2 Å². The predicted octanol–water partition coefficient (Wildman–Crippen LogP) is 1.61. The Morgan fingerprint density at radius 3 is 2.71 bits per heavy atom. The molecule has 0 aliphatic rings. The molecule has 0 saturated carbocycles. The summed E-state index contributed by atoms with van der Waals surface area (Å²) in [6.07, 6.45) is 1.49. The van der Waals surface area contributed by atoms with Gasteiger partial charge in [0, 0.05) is 18.1 Å². The molecular formula is C10H9FO3. The average Bonchev–Trinajstić information content (AvgIpc) is 2.17. The first-order valence-electron chi connectivity index (χ1n) is 4.08. The first-order chi connectivity index (χ1) is 6.76. The molecule has 1 aromatic rings. The van der Waals surface area contributed by atoms with Gasteiger partial charge in [-0.2, -0.15) is 0 Å². The number of aldehydes is 2. The Bertz CT molecular complexity index is 336. The summed E-state index contributed by atoms with van der Waals surface area (Å²) in [5.41, 5.74) is 0.214. The van der Waals surface area contributed by atoms with Crippen LogP contribution in [0.3, 0.4) is 0 Å². The molecule has 14 heavy (non-hydrogen) atoms. The van der Waals surface area contributed by atoms with Gasteiger partial charge in [0.1, 0.15) is 24.1 Å². The highest BCUT2D eigenvalue weighted by Gasteiger charge is 2.00. The molecule has 0 N–H and O–H groups in total. The highest BCUT2D eigenvalue weighted by atomic mass is 19.1. The Morgan fingerprint density at radius 1 is 1.29 bits per heavy atom. The van der Waals surface area contributed by atoms with E-state index in [9.17, 15) is 14.0 Å². The molecule has 4 heteroatoms. The number of halogens is 1. The molecule has 0 saturated heterocycles. The van der Waals surface area contributed by atoms with Crippen molar-refractivity contribution < 1.29 is 18.7 Å². The molecule has 0 aliphatic carbocycles. The van der Waals surface area contributed by atoms with Gasteiger partial charge in [0.05, 0.1) is 6.61 Å². The Hall–Kier alpha value is -1.71. The van der Waals surface area contributed by atoms with Crippen molar-refractivity contribution in [1.29, 1.82) is 0 Å². The molecular weight excluding hydrogens is 187 g/mol. The van der Waals surface area contributed by atoms with Crippen molar-refractivity contribution in [2.45, 2.75) is 6.42 Å². The maximum absolute atomic E-state index is 12.8. The van der Waals surface area contributed by atoms with Crippen molar-refractivity contribution >= 4 is 12.6 Å². The minimum atomic E-state index is -0.532. The van der Waals surface area contributed by atoms with Crippen LogP contribution in [0.4, 0.5) is 4.39 Å². The quantitative estimate of drug-likeness (QED) is 0.530. The van der Waals surface area contributed by atoms with Gasteiger partial charge in [-0.25, -0.2) is 4.39 Å². The van der Waals surface area contributed by atoms with E-state index in [1.54, 1.807) is 0 Å². The molecule has 0 bridgehead atoms. The van der Waals surface area contributed by atoms with E-state index in [1.165, 1.54) is 6.07 Å². The van der Waals surface area contributed by atoms with Crippen LogP contribution in [0.15, 0.2) is 18.2 Å². The largest absolute Gasteiger partial charge is 0.493 e. The van der Waals surface area contributed by atoms with Gasteiger partial charge in [-0.3, -0.25) is 4.79 Å². The number of benzene rings is 1. The van der Waals surface area contributed by atoms with Crippen molar-refractivity contribution in [2.75, 3.05) is 6.61 Å². The summed E-state index contributed by atoms with van der Waals surface area (Å²) >= 11 is 0. The van der Waals surface area contributed by atoms with Crippen LogP contribution in [0.25, 0.3) is 0 Å². The van der Waals surface area contributed by atoms with E-state index in [2.05, 4.69) is 0 Å². The van der Waals surface area contributed by atoms with Crippen LogP contribution in [0, 0.1) is 5.82 Å². The second-order valence-electron chi connectivity index (χ2n) is 2.64. The molecule has 0 spiro atoms. The fourth-order valence-electron chi connectivity index (χ4n) is 0.961. The second kappa shape index (κ2) is 5.11. The van der Waals surface area contributed by atoms with Crippen molar-refractivity contribution in [2.24, 2.45) is 0 Å². The van der Waals surface area contributed by atoms with Gasteiger partial charge < -0.3 is 9.53 Å². The molecule has 0 fully saturated rings. The maximum Gasteiger partial charge on any atom is 0.150 e. The molecule has 0 atom stereocenters. The topological polar surface area (TPSA) is 43.4 Å². The highest BCUT2D eigenvalue weighted by Crippen LogP contribution is 2.15. The van der Waals surface area contributed by atoms with Gasteiger partial charge in [-0.15, -0.1) is 0 Å². The Labute approximate surface area is 80.5 Å². The summed E-state index contributed by atoms with van der Waals surface area (Å²) in [5.74, 6) is -0.273. The smallest absolute Gasteiger partial charge is 0.150 e. The molecule has 0 heterocycles. The molecule has 0 unspecified atom stereocenters. The SMILES string of the molecule is O=CCCOc1cc(F)cc(C=O)c1. The molecule has 1 aromatic carbocycles. The lowest BCUT2D eigenvalue weighted by molar-refractivity contribution is -0.108. The zero-order valence-electron chi connectivity index (χ0n) is 7.40. The minimum Gasteiger partial charge on any atom is -0.493 e. The molecule has 0 aromatic heterocycles. The van der Waals surface area contributed by atoms with E-state index in [0.29, 0.717) is 12.6 Å². The third-order valence-corrected chi connectivity index (χ3v) is 1.53. The minimum absolute atomic E-state index is 0.186. The Kier molecular flexibility index (Phi) is 3.79. The number of carbonyl (C=O) groups excluding carboxylic acids is 2. The van der Waals surface area contributed by atoms with Crippen LogP contribution in [0.1, 0.15) is 16.8 Å². The van der Waals surface area contributed by atoms with Gasteiger partial charge in [0.25, 0.3) is 0 Å². The third kappa shape index (κ3) is 2.97. The monoisotopic (exact) mass is 196 g/mol. The summed E-state index contributed by atoms with van der Waals surface area (Å²) in [7, 11) is 0. The number of ether oxygens (including phenoxy) is 1. The number of carbonyl (C=O) groups is 2. The van der Waals surface area contributed by atoms with Gasteiger partial charge in [0.2, 0.25) is 0 Å². The zero-order chi connectivity index (χ0) is 10.4. The standard InChI is InChI=1S/C10H9FO3/c11-9-4-8(7-13)5-10(6-9)14-3-1-2-12/h2,4-7H,1,3H2. The second-order valence-corrected chi connectivity index (χ2v) is 2.64. The lowest BCUT2D eigenvalue weighted by Gasteiger charge is -2.04. The van der Waals surface area contributed by atoms with Crippen LogP contribution in [0.5, 0.6) is 5.75 Å². The number of rotatable bonds is 5. The molecule has 0 amide bonds. The predicted molar refractivity (Wildman–Crippen MR) is 48.0 cm³/mol. The van der Waals surface area contributed by atoms with Crippen molar-refractivity contribution in [3.05, 3.63) is 29.6 Å². The van der Waals surface area contributed by atoms with E-state index in [0.717, 1.165) is 12.1 Å². The normalized spacial score (nSPS) is 9.50.